The Morgan fingerprint density at radius 2 is 1.00 bits per heavy atom. The molecule has 55 heavy (non-hydrogen) atoms. The molecule has 0 aliphatic heterocycles. The zero-order chi connectivity index (χ0) is 40.8. The first-order valence-electron chi connectivity index (χ1n) is 19.0. The summed E-state index contributed by atoms with van der Waals surface area (Å²) in [6.45, 7) is 26.3. The highest BCUT2D eigenvalue weighted by Gasteiger charge is 2.36. The van der Waals surface area contributed by atoms with E-state index in [9.17, 15) is 26.3 Å². The van der Waals surface area contributed by atoms with E-state index in [0.29, 0.717) is 16.7 Å². The van der Waals surface area contributed by atoms with E-state index >= 15 is 0 Å². The van der Waals surface area contributed by atoms with Crippen LogP contribution in [0.4, 0.5) is 26.3 Å². The Kier molecular flexibility index (Phi) is 9.63. The predicted octanol–water partition coefficient (Wildman–Crippen LogP) is 12.9. The van der Waals surface area contributed by atoms with Gasteiger partial charge < -0.3 is 0 Å². The summed E-state index contributed by atoms with van der Waals surface area (Å²) in [5.41, 5.74) is 6.59. The van der Waals surface area contributed by atoms with Crippen LogP contribution in [0.5, 0.6) is 0 Å². The van der Waals surface area contributed by atoms with Crippen LogP contribution in [0.1, 0.15) is 145 Å². The maximum atomic E-state index is 14.0. The number of halogens is 6. The highest BCUT2D eigenvalue weighted by molar-refractivity contribution is 5.87. The molecule has 0 heterocycles. The second kappa shape index (κ2) is 13.1. The number of hydrogen-bond donors (Lipinski definition) is 0. The fourth-order valence-electron chi connectivity index (χ4n) is 8.37. The molecule has 0 spiro atoms. The van der Waals surface area contributed by atoms with Gasteiger partial charge in [0.05, 0.1) is 11.1 Å². The Labute approximate surface area is 321 Å². The summed E-state index contributed by atoms with van der Waals surface area (Å²) >= 11 is 0. The Bertz CT molecular complexity index is 2400. The topological polar surface area (TPSA) is 0 Å². The summed E-state index contributed by atoms with van der Waals surface area (Å²) in [5, 5.41) is 3.85. The van der Waals surface area contributed by atoms with E-state index in [1.54, 1.807) is 0 Å². The van der Waals surface area contributed by atoms with Gasteiger partial charge in [-0.2, -0.15) is 26.3 Å². The molecule has 0 unspecified atom stereocenters. The van der Waals surface area contributed by atoms with Crippen LogP contribution in [0.25, 0.3) is 17.2 Å². The monoisotopic (exact) mass is 754 g/mol. The molecular weight excluding hydrogens is 703 g/mol. The number of allylic oxidation sites excluding steroid dienone is 4. The van der Waals surface area contributed by atoms with Gasteiger partial charge in [0.25, 0.3) is 0 Å². The third-order valence-corrected chi connectivity index (χ3v) is 10.8. The third-order valence-electron chi connectivity index (χ3n) is 10.8. The van der Waals surface area contributed by atoms with E-state index in [4.69, 9.17) is 0 Å². The number of fused-ring (bicyclic) bond motifs is 2. The van der Waals surface area contributed by atoms with Gasteiger partial charge in [-0.3, -0.25) is 0 Å². The first-order chi connectivity index (χ1) is 25.1. The molecular formula is C49H52F6. The maximum absolute atomic E-state index is 14.0. The van der Waals surface area contributed by atoms with Crippen molar-refractivity contribution < 1.29 is 26.3 Å². The molecule has 6 heteroatoms. The molecule has 2 aliphatic carbocycles. The van der Waals surface area contributed by atoms with Crippen molar-refractivity contribution in [3.05, 3.63) is 155 Å². The SMILES string of the molecule is CC(C)(C)c1cc2c(cc1C(C)(C)C)=c1c(c(C3=CC=CC3)c(C(C)(C)C)c(C(C)(C)C)c1=C(c1ccc(C(F)(F)F)cc1)c1ccc(C(F)(F)F)cc1)C=2. The molecule has 0 atom stereocenters. The minimum atomic E-state index is -4.56. The summed E-state index contributed by atoms with van der Waals surface area (Å²) in [7, 11) is 0. The van der Waals surface area contributed by atoms with Crippen LogP contribution in [-0.4, -0.2) is 0 Å². The Hall–Kier alpha value is -4.32. The van der Waals surface area contributed by atoms with Gasteiger partial charge >= 0.3 is 12.4 Å². The van der Waals surface area contributed by atoms with E-state index in [1.807, 2.05) is 0 Å². The highest BCUT2D eigenvalue weighted by atomic mass is 19.4. The van der Waals surface area contributed by atoms with Gasteiger partial charge in [-0.25, -0.2) is 0 Å². The average Bonchev–Trinajstić information content (AvgIpc) is 3.70. The van der Waals surface area contributed by atoms with Crippen LogP contribution < -0.4 is 10.4 Å². The molecule has 4 aromatic rings. The minimum absolute atomic E-state index is 0.172. The van der Waals surface area contributed by atoms with E-state index in [2.05, 4.69) is 120 Å². The lowest BCUT2D eigenvalue weighted by Gasteiger charge is -2.35. The number of alkyl halides is 6. The molecule has 0 radical (unpaired) electrons. The average molecular weight is 755 g/mol. The smallest absolute Gasteiger partial charge is 0.166 e. The quantitative estimate of drug-likeness (QED) is 0.161. The van der Waals surface area contributed by atoms with Crippen molar-refractivity contribution >= 4 is 17.2 Å². The van der Waals surface area contributed by atoms with Crippen molar-refractivity contribution in [2.75, 3.05) is 0 Å². The van der Waals surface area contributed by atoms with Crippen LogP contribution in [0.15, 0.2) is 78.9 Å². The van der Waals surface area contributed by atoms with Gasteiger partial charge in [-0.15, -0.1) is 0 Å². The van der Waals surface area contributed by atoms with Crippen molar-refractivity contribution in [3.8, 4) is 0 Å². The standard InChI is InChI=1S/C49H52F6/c1-44(2,3)36-26-31-25-35-39(28-15-13-14-16-28)42(46(7,8)9)43(47(10,11)12)41(40(35)34(31)27-37(36)45(4,5)6)38(29-17-21-32(22-18-29)48(50,51)52)30-19-23-33(24-20-30)49(53,54)55/h13-15,17-27H,16H2,1-12H3. The number of rotatable bonds is 3. The molecule has 0 saturated carbocycles. The van der Waals surface area contributed by atoms with Crippen LogP contribution in [-0.2, 0) is 34.0 Å². The van der Waals surface area contributed by atoms with Gasteiger partial charge in [0.1, 0.15) is 0 Å². The number of hydrogen-bond acceptors (Lipinski definition) is 0. The molecule has 0 nitrogen and oxygen atoms in total. The van der Waals surface area contributed by atoms with Gasteiger partial charge in [-0.1, -0.05) is 132 Å². The molecule has 0 fully saturated rings. The molecule has 0 amide bonds. The number of benzene rings is 4. The van der Waals surface area contributed by atoms with Crippen LogP contribution in [0.3, 0.4) is 0 Å². The summed E-state index contributed by atoms with van der Waals surface area (Å²) in [6, 6.07) is 14.7. The van der Waals surface area contributed by atoms with Crippen molar-refractivity contribution in [1.29, 1.82) is 0 Å². The van der Waals surface area contributed by atoms with E-state index < -0.39 is 34.3 Å². The fourth-order valence-corrected chi connectivity index (χ4v) is 8.37. The van der Waals surface area contributed by atoms with Crippen molar-refractivity contribution in [1.82, 2.24) is 0 Å². The zero-order valence-electron chi connectivity index (χ0n) is 34.1. The van der Waals surface area contributed by atoms with Crippen LogP contribution in [0, 0.1) is 10.4 Å². The molecule has 0 bridgehead atoms. The second-order valence-electron chi connectivity index (χ2n) is 19.3. The summed E-state index contributed by atoms with van der Waals surface area (Å²) in [6.07, 6.45) is 0.302. The van der Waals surface area contributed by atoms with Crippen LogP contribution >= 0.6 is 0 Å². The van der Waals surface area contributed by atoms with E-state index in [-0.39, 0.29) is 10.8 Å². The first kappa shape index (κ1) is 40.3. The lowest BCUT2D eigenvalue weighted by atomic mass is 9.68. The molecule has 6 rings (SSSR count). The molecule has 0 saturated heterocycles. The van der Waals surface area contributed by atoms with Gasteiger partial charge in [-0.05, 0) is 141 Å². The lowest BCUT2D eigenvalue weighted by molar-refractivity contribution is -0.138. The Balaban J connectivity index is 2.04. The van der Waals surface area contributed by atoms with Gasteiger partial charge in [0, 0.05) is 0 Å². The van der Waals surface area contributed by atoms with Gasteiger partial charge in [0.15, 0.2) is 0 Å². The Morgan fingerprint density at radius 1 is 0.545 bits per heavy atom. The molecule has 290 valence electrons. The minimum Gasteiger partial charge on any atom is -0.166 e. The zero-order valence-corrected chi connectivity index (χ0v) is 34.1. The second-order valence-corrected chi connectivity index (χ2v) is 19.3. The molecule has 0 N–H and O–H groups in total. The van der Waals surface area contributed by atoms with Crippen molar-refractivity contribution in [2.45, 2.75) is 124 Å². The van der Waals surface area contributed by atoms with Crippen molar-refractivity contribution in [2.24, 2.45) is 0 Å². The largest absolute Gasteiger partial charge is 0.416 e. The highest BCUT2D eigenvalue weighted by Crippen LogP contribution is 2.44. The van der Waals surface area contributed by atoms with E-state index in [0.717, 1.165) is 73.8 Å². The van der Waals surface area contributed by atoms with Crippen LogP contribution in [0.2, 0.25) is 0 Å². The summed E-state index contributed by atoms with van der Waals surface area (Å²) in [4.78, 5) is 0. The normalized spacial score (nSPS) is 14.8. The van der Waals surface area contributed by atoms with Gasteiger partial charge in [0.2, 0.25) is 0 Å². The maximum Gasteiger partial charge on any atom is 0.416 e. The van der Waals surface area contributed by atoms with E-state index in [1.165, 1.54) is 41.0 Å². The first-order valence-corrected chi connectivity index (χ1v) is 19.0. The molecule has 4 aromatic carbocycles. The Morgan fingerprint density at radius 3 is 1.38 bits per heavy atom. The molecule has 0 aromatic heterocycles. The fraction of sp³-hybridized carbons (Fsp3) is 0.388. The molecule has 2 aliphatic rings. The third kappa shape index (κ3) is 7.50. The predicted molar refractivity (Wildman–Crippen MR) is 214 cm³/mol. The lowest BCUT2D eigenvalue weighted by Crippen LogP contribution is -2.34. The van der Waals surface area contributed by atoms with Crippen molar-refractivity contribution in [3.63, 3.8) is 0 Å². The summed E-state index contributed by atoms with van der Waals surface area (Å²) < 4.78 is 83.9. The summed E-state index contributed by atoms with van der Waals surface area (Å²) in [5.74, 6) is 0.